The molecule has 0 unspecified atom stereocenters. The van der Waals surface area contributed by atoms with Crippen LogP contribution in [0.25, 0.3) is 11.2 Å². The number of carbonyl (C=O) groups excluding carboxylic acids is 1. The quantitative estimate of drug-likeness (QED) is 0.616. The predicted octanol–water partition coefficient (Wildman–Crippen LogP) is 3.84. The van der Waals surface area contributed by atoms with Crippen LogP contribution in [0.2, 0.25) is 5.02 Å². The lowest BCUT2D eigenvalue weighted by molar-refractivity contribution is -0.119. The van der Waals surface area contributed by atoms with E-state index >= 15 is 0 Å². The van der Waals surface area contributed by atoms with Crippen molar-refractivity contribution in [3.63, 3.8) is 0 Å². The molecule has 1 aromatic carbocycles. The van der Waals surface area contributed by atoms with Crippen molar-refractivity contribution in [2.24, 2.45) is 0 Å². The Morgan fingerprint density at radius 1 is 1.36 bits per heavy atom. The van der Waals surface area contributed by atoms with E-state index in [-0.39, 0.29) is 11.9 Å². The van der Waals surface area contributed by atoms with E-state index in [0.29, 0.717) is 21.6 Å². The van der Waals surface area contributed by atoms with E-state index in [4.69, 9.17) is 11.6 Å². The number of amides is 1. The number of rotatable bonds is 7. The molecule has 2 aromatic heterocycles. The first-order valence-corrected chi connectivity index (χ1v) is 9.44. The van der Waals surface area contributed by atoms with E-state index in [2.05, 4.69) is 32.4 Å². The number of nitrogens with zero attached hydrogens (tertiary/aromatic N) is 2. The van der Waals surface area contributed by atoms with Gasteiger partial charge in [0.15, 0.2) is 10.8 Å². The number of aromatic amines is 1. The second-order valence-corrected chi connectivity index (χ2v) is 7.25. The van der Waals surface area contributed by atoms with E-state index in [1.54, 1.807) is 12.3 Å². The molecule has 0 bridgehead atoms. The van der Waals surface area contributed by atoms with Gasteiger partial charge in [-0.05, 0) is 31.4 Å². The van der Waals surface area contributed by atoms with Gasteiger partial charge in [-0.2, -0.15) is 0 Å². The van der Waals surface area contributed by atoms with E-state index in [1.807, 2.05) is 25.1 Å². The largest absolute Gasteiger partial charge is 0.353 e. The predicted molar refractivity (Wildman–Crippen MR) is 102 cm³/mol. The van der Waals surface area contributed by atoms with E-state index in [9.17, 15) is 4.79 Å². The molecule has 0 aliphatic rings. The van der Waals surface area contributed by atoms with Gasteiger partial charge in [-0.15, -0.1) is 0 Å². The van der Waals surface area contributed by atoms with Gasteiger partial charge in [0.2, 0.25) is 5.91 Å². The molecule has 25 heavy (non-hydrogen) atoms. The Morgan fingerprint density at radius 2 is 2.16 bits per heavy atom. The van der Waals surface area contributed by atoms with Crippen LogP contribution in [-0.4, -0.2) is 32.7 Å². The van der Waals surface area contributed by atoms with Crippen LogP contribution >= 0.6 is 23.4 Å². The number of fused-ring (bicyclic) bond motifs is 1. The van der Waals surface area contributed by atoms with Gasteiger partial charge in [0.05, 0.1) is 16.3 Å². The number of nitrogens with one attached hydrogen (secondary N) is 2. The molecule has 1 amide bonds. The minimum absolute atomic E-state index is 0.00277. The van der Waals surface area contributed by atoms with Crippen LogP contribution in [0.15, 0.2) is 47.8 Å². The Bertz CT molecular complexity index is 853. The second kappa shape index (κ2) is 8.36. The SMILES string of the molecule is C[C@@H](CCc1ccccc1)NC(=O)CSc1nc2ncc(Cl)cc2[nH]1. The number of H-pyrrole nitrogens is 1. The first-order valence-electron chi connectivity index (χ1n) is 8.07. The topological polar surface area (TPSA) is 70.7 Å². The van der Waals surface area contributed by atoms with Crippen LogP contribution in [0.3, 0.4) is 0 Å². The third-order valence-corrected chi connectivity index (χ3v) is 4.82. The normalized spacial score (nSPS) is 12.2. The summed E-state index contributed by atoms with van der Waals surface area (Å²) >= 11 is 7.26. The number of carbonyl (C=O) groups is 1. The fourth-order valence-electron chi connectivity index (χ4n) is 2.47. The molecule has 0 fully saturated rings. The summed E-state index contributed by atoms with van der Waals surface area (Å²) in [5.74, 6) is 0.306. The van der Waals surface area contributed by atoms with E-state index < -0.39 is 0 Å². The number of aryl methyl sites for hydroxylation is 1. The molecule has 0 saturated carbocycles. The Labute approximate surface area is 155 Å². The van der Waals surface area contributed by atoms with Gasteiger partial charge >= 0.3 is 0 Å². The Kier molecular flexibility index (Phi) is 5.94. The van der Waals surface area contributed by atoms with Crippen molar-refractivity contribution < 1.29 is 4.79 Å². The molecule has 0 radical (unpaired) electrons. The molecule has 0 aliphatic heterocycles. The van der Waals surface area contributed by atoms with Gasteiger partial charge in [-0.1, -0.05) is 53.7 Å². The standard InChI is InChI=1S/C18H19ClN4OS/c1-12(7-8-13-5-3-2-4-6-13)21-16(24)11-25-18-22-15-9-14(19)10-20-17(15)23-18/h2-6,9-10,12H,7-8,11H2,1H3,(H,21,24)(H,20,22,23)/t12-/m0/s1. The lowest BCUT2D eigenvalue weighted by Gasteiger charge is -2.13. The lowest BCUT2D eigenvalue weighted by atomic mass is 10.1. The molecule has 130 valence electrons. The number of pyridine rings is 1. The van der Waals surface area contributed by atoms with E-state index in [1.165, 1.54) is 17.3 Å². The Hall–Kier alpha value is -2.05. The number of halogens is 1. The van der Waals surface area contributed by atoms with Crippen molar-refractivity contribution in [2.45, 2.75) is 31.0 Å². The highest BCUT2D eigenvalue weighted by atomic mass is 35.5. The van der Waals surface area contributed by atoms with Crippen molar-refractivity contribution in [2.75, 3.05) is 5.75 Å². The molecule has 2 N–H and O–H groups in total. The van der Waals surface area contributed by atoms with Crippen molar-refractivity contribution in [3.8, 4) is 0 Å². The number of aromatic nitrogens is 3. The molecule has 1 atom stereocenters. The molecule has 0 spiro atoms. The Balaban J connectivity index is 1.45. The molecule has 7 heteroatoms. The minimum atomic E-state index is -0.00277. The van der Waals surface area contributed by atoms with Crippen molar-refractivity contribution in [1.82, 2.24) is 20.3 Å². The summed E-state index contributed by atoms with van der Waals surface area (Å²) in [7, 11) is 0. The summed E-state index contributed by atoms with van der Waals surface area (Å²) < 4.78 is 0. The summed E-state index contributed by atoms with van der Waals surface area (Å²) in [6, 6.07) is 12.2. The zero-order chi connectivity index (χ0) is 17.6. The van der Waals surface area contributed by atoms with Gasteiger partial charge < -0.3 is 10.3 Å². The number of hydrogen-bond acceptors (Lipinski definition) is 4. The molecular weight excluding hydrogens is 356 g/mol. The monoisotopic (exact) mass is 374 g/mol. The number of imidazole rings is 1. The van der Waals surface area contributed by atoms with Crippen LogP contribution in [0, 0.1) is 0 Å². The maximum atomic E-state index is 12.1. The Morgan fingerprint density at radius 3 is 2.96 bits per heavy atom. The average molecular weight is 375 g/mol. The fraction of sp³-hybridized carbons (Fsp3) is 0.278. The highest BCUT2D eigenvalue weighted by molar-refractivity contribution is 7.99. The van der Waals surface area contributed by atoms with Crippen LogP contribution in [0.5, 0.6) is 0 Å². The summed E-state index contributed by atoms with van der Waals surface area (Å²) in [4.78, 5) is 23.7. The number of hydrogen-bond donors (Lipinski definition) is 2. The zero-order valence-corrected chi connectivity index (χ0v) is 15.4. The van der Waals surface area contributed by atoms with Gasteiger partial charge in [-0.3, -0.25) is 4.79 Å². The minimum Gasteiger partial charge on any atom is -0.353 e. The zero-order valence-electron chi connectivity index (χ0n) is 13.8. The summed E-state index contributed by atoms with van der Waals surface area (Å²) in [6.07, 6.45) is 3.42. The maximum Gasteiger partial charge on any atom is 0.230 e. The number of thioether (sulfide) groups is 1. The van der Waals surface area contributed by atoms with Gasteiger partial charge in [0.1, 0.15) is 0 Å². The summed E-state index contributed by atoms with van der Waals surface area (Å²) in [5, 5.41) is 4.24. The molecular formula is C18H19ClN4OS. The highest BCUT2D eigenvalue weighted by Gasteiger charge is 2.11. The summed E-state index contributed by atoms with van der Waals surface area (Å²) in [5.41, 5.74) is 2.65. The van der Waals surface area contributed by atoms with Crippen LogP contribution < -0.4 is 5.32 Å². The first-order chi connectivity index (χ1) is 12.1. The third-order valence-electron chi connectivity index (χ3n) is 3.74. The van der Waals surface area contributed by atoms with Crippen LogP contribution in [0.1, 0.15) is 18.9 Å². The molecule has 0 aliphatic carbocycles. The maximum absolute atomic E-state index is 12.1. The molecule has 3 rings (SSSR count). The second-order valence-electron chi connectivity index (χ2n) is 5.85. The molecule has 2 heterocycles. The van der Waals surface area contributed by atoms with Crippen molar-refractivity contribution in [1.29, 1.82) is 0 Å². The molecule has 0 saturated heterocycles. The lowest BCUT2D eigenvalue weighted by Crippen LogP contribution is -2.34. The van der Waals surface area contributed by atoms with Crippen LogP contribution in [-0.2, 0) is 11.2 Å². The van der Waals surface area contributed by atoms with Crippen molar-refractivity contribution >= 4 is 40.4 Å². The number of benzene rings is 1. The van der Waals surface area contributed by atoms with E-state index in [0.717, 1.165) is 18.4 Å². The summed E-state index contributed by atoms with van der Waals surface area (Å²) in [6.45, 7) is 2.03. The van der Waals surface area contributed by atoms with Gasteiger partial charge in [0, 0.05) is 12.2 Å². The highest BCUT2D eigenvalue weighted by Crippen LogP contribution is 2.20. The first kappa shape index (κ1) is 17.8. The molecule has 5 nitrogen and oxygen atoms in total. The van der Waals surface area contributed by atoms with Gasteiger partial charge in [0.25, 0.3) is 0 Å². The average Bonchev–Trinajstić information content (AvgIpc) is 3.01. The van der Waals surface area contributed by atoms with Gasteiger partial charge in [-0.25, -0.2) is 9.97 Å². The third kappa shape index (κ3) is 5.21. The fourth-order valence-corrected chi connectivity index (χ4v) is 3.31. The molecule has 3 aromatic rings. The van der Waals surface area contributed by atoms with Crippen LogP contribution in [0.4, 0.5) is 0 Å². The van der Waals surface area contributed by atoms with Crippen molar-refractivity contribution in [3.05, 3.63) is 53.2 Å². The smallest absolute Gasteiger partial charge is 0.230 e.